The van der Waals surface area contributed by atoms with Crippen molar-refractivity contribution in [3.63, 3.8) is 0 Å². The molecule has 0 aliphatic carbocycles. The molecule has 0 unspecified atom stereocenters. The normalized spacial score (nSPS) is 10.6. The van der Waals surface area contributed by atoms with E-state index < -0.39 is 0 Å². The van der Waals surface area contributed by atoms with E-state index in [1.165, 1.54) is 12.3 Å². The van der Waals surface area contributed by atoms with Gasteiger partial charge in [-0.05, 0) is 45.6 Å². The smallest absolute Gasteiger partial charge is 0.269 e. The van der Waals surface area contributed by atoms with Crippen LogP contribution in [0.4, 0.5) is 0 Å². The van der Waals surface area contributed by atoms with Crippen LogP contribution < -0.4 is 10.6 Å². The van der Waals surface area contributed by atoms with Gasteiger partial charge in [0.25, 0.3) is 11.8 Å². The van der Waals surface area contributed by atoms with Crippen molar-refractivity contribution in [1.29, 1.82) is 0 Å². The van der Waals surface area contributed by atoms with Crippen molar-refractivity contribution in [1.82, 2.24) is 20.5 Å². The molecule has 128 valence electrons. The summed E-state index contributed by atoms with van der Waals surface area (Å²) >= 11 is 0. The van der Waals surface area contributed by atoms with Crippen LogP contribution in [0.25, 0.3) is 0 Å². The predicted octanol–water partition coefficient (Wildman–Crippen LogP) is 1.68. The summed E-state index contributed by atoms with van der Waals surface area (Å²) in [5.41, 5.74) is 0.742. The number of hydrogen-bond acceptors (Lipinski definition) is 4. The Morgan fingerprint density at radius 1 is 1.09 bits per heavy atom. The molecular formula is C17H28N4O2. The highest BCUT2D eigenvalue weighted by molar-refractivity contribution is 5.98. The fourth-order valence-electron chi connectivity index (χ4n) is 2.06. The van der Waals surface area contributed by atoms with Crippen molar-refractivity contribution in [3.05, 3.63) is 29.6 Å². The van der Waals surface area contributed by atoms with Crippen LogP contribution in [0.15, 0.2) is 18.3 Å². The van der Waals surface area contributed by atoms with Crippen LogP contribution >= 0.6 is 0 Å². The van der Waals surface area contributed by atoms with E-state index >= 15 is 0 Å². The van der Waals surface area contributed by atoms with Crippen LogP contribution in [0.5, 0.6) is 0 Å². The van der Waals surface area contributed by atoms with E-state index in [1.807, 2.05) is 14.1 Å². The lowest BCUT2D eigenvalue weighted by Gasteiger charge is -2.10. The number of pyridine rings is 1. The second-order valence-electron chi connectivity index (χ2n) is 5.81. The first-order valence-corrected chi connectivity index (χ1v) is 8.21. The van der Waals surface area contributed by atoms with Crippen molar-refractivity contribution < 1.29 is 9.59 Å². The molecule has 6 heteroatoms. The largest absolute Gasteiger partial charge is 0.352 e. The molecule has 1 aromatic heterocycles. The Morgan fingerprint density at radius 2 is 1.78 bits per heavy atom. The van der Waals surface area contributed by atoms with Gasteiger partial charge in [-0.1, -0.05) is 19.8 Å². The molecule has 0 atom stereocenters. The van der Waals surface area contributed by atoms with Gasteiger partial charge in [0.1, 0.15) is 5.69 Å². The third kappa shape index (κ3) is 7.74. The highest BCUT2D eigenvalue weighted by atomic mass is 16.2. The SMILES string of the molecule is CCCCCNC(=O)c1ccnc(C(=O)NCCCN(C)C)c1. The van der Waals surface area contributed by atoms with Crippen LogP contribution in [-0.4, -0.2) is 55.4 Å². The number of nitrogens with zero attached hydrogens (tertiary/aromatic N) is 2. The Labute approximate surface area is 138 Å². The lowest BCUT2D eigenvalue weighted by molar-refractivity contribution is 0.0947. The molecule has 0 fully saturated rings. The number of nitrogens with one attached hydrogen (secondary N) is 2. The van der Waals surface area contributed by atoms with Crippen molar-refractivity contribution in [2.45, 2.75) is 32.6 Å². The number of rotatable bonds is 10. The summed E-state index contributed by atoms with van der Waals surface area (Å²) in [5, 5.41) is 5.68. The second kappa shape index (κ2) is 10.7. The molecule has 2 amide bonds. The molecule has 1 rings (SSSR count). The van der Waals surface area contributed by atoms with Crippen molar-refractivity contribution in [2.24, 2.45) is 0 Å². The van der Waals surface area contributed by atoms with E-state index in [0.717, 1.165) is 32.2 Å². The summed E-state index contributed by atoms with van der Waals surface area (Å²) in [6, 6.07) is 3.16. The van der Waals surface area contributed by atoms with E-state index in [4.69, 9.17) is 0 Å². The Kier molecular flexibility index (Phi) is 8.90. The van der Waals surface area contributed by atoms with Gasteiger partial charge in [0, 0.05) is 24.8 Å². The monoisotopic (exact) mass is 320 g/mol. The number of aromatic nitrogens is 1. The Hall–Kier alpha value is -1.95. The van der Waals surface area contributed by atoms with Crippen molar-refractivity contribution >= 4 is 11.8 Å². The zero-order valence-corrected chi connectivity index (χ0v) is 14.4. The maximum absolute atomic E-state index is 12.0. The highest BCUT2D eigenvalue weighted by Crippen LogP contribution is 2.03. The predicted molar refractivity (Wildman–Crippen MR) is 91.6 cm³/mol. The third-order valence-electron chi connectivity index (χ3n) is 3.39. The fourth-order valence-corrected chi connectivity index (χ4v) is 2.06. The number of amides is 2. The van der Waals surface area contributed by atoms with Gasteiger partial charge in [-0.25, -0.2) is 0 Å². The molecule has 1 heterocycles. The minimum absolute atomic E-state index is 0.162. The second-order valence-corrected chi connectivity index (χ2v) is 5.81. The number of hydrogen-bond donors (Lipinski definition) is 2. The first kappa shape index (κ1) is 19.1. The first-order valence-electron chi connectivity index (χ1n) is 8.21. The standard InChI is InChI=1S/C17H28N4O2/c1-4-5-6-9-19-16(22)14-8-11-18-15(13-14)17(23)20-10-7-12-21(2)3/h8,11,13H,4-7,9-10,12H2,1-3H3,(H,19,22)(H,20,23). The molecule has 1 aromatic rings. The Balaban J connectivity index is 2.48. The van der Waals surface area contributed by atoms with Crippen LogP contribution in [0.2, 0.25) is 0 Å². The summed E-state index contributed by atoms with van der Waals surface area (Å²) < 4.78 is 0. The zero-order valence-electron chi connectivity index (χ0n) is 14.4. The molecule has 2 N–H and O–H groups in total. The lowest BCUT2D eigenvalue weighted by Crippen LogP contribution is -2.29. The lowest BCUT2D eigenvalue weighted by atomic mass is 10.2. The van der Waals surface area contributed by atoms with Gasteiger partial charge in [-0.3, -0.25) is 14.6 Å². The van der Waals surface area contributed by atoms with Gasteiger partial charge in [0.2, 0.25) is 0 Å². The van der Waals surface area contributed by atoms with Gasteiger partial charge < -0.3 is 15.5 Å². The van der Waals surface area contributed by atoms with E-state index in [-0.39, 0.29) is 17.5 Å². The summed E-state index contributed by atoms with van der Waals surface area (Å²) in [6.45, 7) is 4.27. The molecule has 0 bridgehead atoms. The van der Waals surface area contributed by atoms with Crippen molar-refractivity contribution in [3.8, 4) is 0 Å². The average molecular weight is 320 g/mol. The van der Waals surface area contributed by atoms with Gasteiger partial charge >= 0.3 is 0 Å². The molecule has 0 saturated carbocycles. The summed E-state index contributed by atoms with van der Waals surface area (Å²) in [4.78, 5) is 30.2. The topological polar surface area (TPSA) is 74.3 Å². The average Bonchev–Trinajstić information content (AvgIpc) is 2.55. The van der Waals surface area contributed by atoms with E-state index in [9.17, 15) is 9.59 Å². The fraction of sp³-hybridized carbons (Fsp3) is 0.588. The molecule has 0 aliphatic heterocycles. The van der Waals surface area contributed by atoms with E-state index in [2.05, 4.69) is 27.4 Å². The minimum atomic E-state index is -0.246. The molecule has 6 nitrogen and oxygen atoms in total. The van der Waals surface area contributed by atoms with Gasteiger partial charge in [0.05, 0.1) is 0 Å². The summed E-state index contributed by atoms with van der Waals surface area (Å²) in [7, 11) is 3.98. The molecule has 0 radical (unpaired) electrons. The van der Waals surface area contributed by atoms with Gasteiger partial charge in [-0.15, -0.1) is 0 Å². The maximum Gasteiger partial charge on any atom is 0.269 e. The molecule has 0 aliphatic rings. The molecule has 0 saturated heterocycles. The summed E-state index contributed by atoms with van der Waals surface area (Å²) in [6.07, 6.45) is 5.54. The summed E-state index contributed by atoms with van der Waals surface area (Å²) in [5.74, 6) is -0.408. The Morgan fingerprint density at radius 3 is 2.48 bits per heavy atom. The minimum Gasteiger partial charge on any atom is -0.352 e. The molecule has 0 aromatic carbocycles. The Bertz CT molecular complexity index is 503. The van der Waals surface area contributed by atoms with Crippen LogP contribution in [-0.2, 0) is 0 Å². The first-order chi connectivity index (χ1) is 11.0. The molecular weight excluding hydrogens is 292 g/mol. The number of carbonyl (C=O) groups excluding carboxylic acids is 2. The number of unbranched alkanes of at least 4 members (excludes halogenated alkanes) is 2. The quantitative estimate of drug-likeness (QED) is 0.643. The highest BCUT2D eigenvalue weighted by Gasteiger charge is 2.11. The molecule has 0 spiro atoms. The third-order valence-corrected chi connectivity index (χ3v) is 3.39. The van der Waals surface area contributed by atoms with Crippen LogP contribution in [0.1, 0.15) is 53.5 Å². The van der Waals surface area contributed by atoms with Crippen molar-refractivity contribution in [2.75, 3.05) is 33.7 Å². The van der Waals surface area contributed by atoms with Crippen LogP contribution in [0.3, 0.4) is 0 Å². The van der Waals surface area contributed by atoms with E-state index in [0.29, 0.717) is 18.7 Å². The van der Waals surface area contributed by atoms with Gasteiger partial charge in [0.15, 0.2) is 0 Å². The molecule has 23 heavy (non-hydrogen) atoms. The van der Waals surface area contributed by atoms with Crippen LogP contribution in [0, 0.1) is 0 Å². The zero-order chi connectivity index (χ0) is 17.1. The van der Waals surface area contributed by atoms with E-state index in [1.54, 1.807) is 6.07 Å². The number of carbonyl (C=O) groups is 2. The van der Waals surface area contributed by atoms with Gasteiger partial charge in [-0.2, -0.15) is 0 Å². The maximum atomic E-state index is 12.0.